The maximum absolute atomic E-state index is 5.86. The number of hydrogen-bond donors (Lipinski definition) is 1. The van der Waals surface area contributed by atoms with Crippen LogP contribution in [-0.2, 0) is 6.42 Å². The van der Waals surface area contributed by atoms with E-state index >= 15 is 0 Å². The highest BCUT2D eigenvalue weighted by Gasteiger charge is 2.27. The second-order valence-corrected chi connectivity index (χ2v) is 5.54. The molecule has 0 spiro atoms. The maximum atomic E-state index is 5.86. The van der Waals surface area contributed by atoms with Crippen LogP contribution in [0.5, 0.6) is 0 Å². The number of nitrogens with two attached hydrogens (primary N) is 1. The van der Waals surface area contributed by atoms with Gasteiger partial charge in [-0.05, 0) is 80.7 Å². The summed E-state index contributed by atoms with van der Waals surface area (Å²) in [6, 6.07) is 2.78. The molecule has 0 amide bonds. The van der Waals surface area contributed by atoms with Crippen LogP contribution in [0, 0.1) is 33.6 Å². The Labute approximate surface area is 99.0 Å². The van der Waals surface area contributed by atoms with Gasteiger partial charge in [-0.2, -0.15) is 0 Å². The van der Waals surface area contributed by atoms with Crippen molar-refractivity contribution in [1.82, 2.24) is 0 Å². The van der Waals surface area contributed by atoms with Crippen LogP contribution in [0.1, 0.15) is 40.7 Å². The molecular formula is C15H23N. The summed E-state index contributed by atoms with van der Waals surface area (Å²) in [5.74, 6) is 0.827. The number of rotatable bonds is 2. The molecule has 0 aromatic heterocycles. The average molecular weight is 217 g/mol. The third-order valence-corrected chi connectivity index (χ3v) is 4.29. The molecule has 88 valence electrons. The van der Waals surface area contributed by atoms with E-state index in [1.165, 1.54) is 41.5 Å². The van der Waals surface area contributed by atoms with E-state index in [1.54, 1.807) is 5.56 Å². The van der Waals surface area contributed by atoms with Gasteiger partial charge in [0, 0.05) is 6.04 Å². The lowest BCUT2D eigenvalue weighted by Crippen LogP contribution is -2.37. The molecule has 1 aromatic carbocycles. The molecule has 1 aliphatic carbocycles. The van der Waals surface area contributed by atoms with Crippen molar-refractivity contribution in [3.8, 4) is 0 Å². The number of aryl methyl sites for hydroxylation is 2. The molecule has 1 nitrogen and oxygen atoms in total. The second-order valence-electron chi connectivity index (χ2n) is 5.54. The molecule has 0 unspecified atom stereocenters. The van der Waals surface area contributed by atoms with Crippen LogP contribution >= 0.6 is 0 Å². The molecule has 0 heterocycles. The van der Waals surface area contributed by atoms with E-state index in [4.69, 9.17) is 5.73 Å². The zero-order chi connectivity index (χ0) is 11.9. The van der Waals surface area contributed by atoms with Crippen molar-refractivity contribution in [3.63, 3.8) is 0 Å². The molecule has 0 saturated heterocycles. The molecule has 1 aliphatic rings. The zero-order valence-electron chi connectivity index (χ0n) is 10.9. The minimum absolute atomic E-state index is 0.469. The molecular weight excluding hydrogens is 194 g/mol. The summed E-state index contributed by atoms with van der Waals surface area (Å²) in [5, 5.41) is 0. The maximum Gasteiger partial charge on any atom is 0.00443 e. The largest absolute Gasteiger partial charge is 0.328 e. The second kappa shape index (κ2) is 4.21. The topological polar surface area (TPSA) is 26.0 Å². The quantitative estimate of drug-likeness (QED) is 0.809. The summed E-state index contributed by atoms with van der Waals surface area (Å²) in [5.41, 5.74) is 13.3. The molecule has 0 aliphatic heterocycles. The molecule has 1 saturated carbocycles. The first kappa shape index (κ1) is 11.7. The van der Waals surface area contributed by atoms with Gasteiger partial charge in [-0.1, -0.05) is 6.07 Å². The zero-order valence-corrected chi connectivity index (χ0v) is 10.9. The number of benzene rings is 1. The van der Waals surface area contributed by atoms with Crippen LogP contribution in [0.2, 0.25) is 0 Å². The van der Waals surface area contributed by atoms with Crippen LogP contribution < -0.4 is 5.73 Å². The predicted octanol–water partition coefficient (Wildman–Crippen LogP) is 3.20. The average Bonchev–Trinajstić information content (AvgIpc) is 2.18. The fraction of sp³-hybridized carbons (Fsp3) is 0.600. The fourth-order valence-corrected chi connectivity index (χ4v) is 2.85. The Hall–Kier alpha value is -0.820. The lowest BCUT2D eigenvalue weighted by Gasteiger charge is -2.33. The Morgan fingerprint density at radius 1 is 1.06 bits per heavy atom. The summed E-state index contributed by atoms with van der Waals surface area (Å²) in [6.45, 7) is 8.96. The molecule has 1 heteroatoms. The Morgan fingerprint density at radius 3 is 2.00 bits per heavy atom. The SMILES string of the molecule is Cc1cc(C)c(C)c(CC2CC(N)C2)c1C. The summed E-state index contributed by atoms with van der Waals surface area (Å²) >= 11 is 0. The fourth-order valence-electron chi connectivity index (χ4n) is 2.85. The standard InChI is InChI=1S/C15H23N/c1-9-5-10(2)12(4)15(11(9)3)8-13-6-14(16)7-13/h5,13-14H,6-8,16H2,1-4H3. The van der Waals surface area contributed by atoms with Crippen molar-refractivity contribution >= 4 is 0 Å². The van der Waals surface area contributed by atoms with Crippen molar-refractivity contribution < 1.29 is 0 Å². The smallest absolute Gasteiger partial charge is 0.00443 e. The molecule has 2 N–H and O–H groups in total. The Kier molecular flexibility index (Phi) is 3.07. The van der Waals surface area contributed by atoms with Crippen molar-refractivity contribution in [2.75, 3.05) is 0 Å². The molecule has 2 rings (SSSR count). The van der Waals surface area contributed by atoms with Crippen LogP contribution in [0.25, 0.3) is 0 Å². The number of hydrogen-bond acceptors (Lipinski definition) is 1. The highest BCUT2D eigenvalue weighted by Crippen LogP contribution is 2.32. The van der Waals surface area contributed by atoms with Gasteiger partial charge in [0.25, 0.3) is 0 Å². The summed E-state index contributed by atoms with van der Waals surface area (Å²) < 4.78 is 0. The van der Waals surface area contributed by atoms with E-state index in [1.807, 2.05) is 0 Å². The van der Waals surface area contributed by atoms with E-state index in [0.717, 1.165) is 5.92 Å². The van der Waals surface area contributed by atoms with E-state index in [2.05, 4.69) is 33.8 Å². The summed E-state index contributed by atoms with van der Waals surface area (Å²) in [7, 11) is 0. The Balaban J connectivity index is 2.25. The molecule has 1 fully saturated rings. The first-order valence-electron chi connectivity index (χ1n) is 6.31. The minimum Gasteiger partial charge on any atom is -0.328 e. The van der Waals surface area contributed by atoms with Gasteiger partial charge in [-0.25, -0.2) is 0 Å². The van der Waals surface area contributed by atoms with E-state index < -0.39 is 0 Å². The molecule has 0 bridgehead atoms. The van der Waals surface area contributed by atoms with Gasteiger partial charge in [-0.15, -0.1) is 0 Å². The van der Waals surface area contributed by atoms with Crippen molar-refractivity contribution in [2.24, 2.45) is 11.7 Å². The first-order chi connectivity index (χ1) is 7.49. The lowest BCUT2D eigenvalue weighted by atomic mass is 9.75. The van der Waals surface area contributed by atoms with Gasteiger partial charge in [0.15, 0.2) is 0 Å². The molecule has 1 aromatic rings. The highest BCUT2D eigenvalue weighted by molar-refractivity contribution is 5.44. The molecule has 0 atom stereocenters. The van der Waals surface area contributed by atoms with Crippen molar-refractivity contribution in [1.29, 1.82) is 0 Å². The summed E-state index contributed by atoms with van der Waals surface area (Å²) in [6.07, 6.45) is 3.66. The molecule has 16 heavy (non-hydrogen) atoms. The van der Waals surface area contributed by atoms with Gasteiger partial charge in [0.2, 0.25) is 0 Å². The van der Waals surface area contributed by atoms with Crippen molar-refractivity contribution in [3.05, 3.63) is 33.9 Å². The minimum atomic E-state index is 0.469. The van der Waals surface area contributed by atoms with E-state index in [9.17, 15) is 0 Å². The third-order valence-electron chi connectivity index (χ3n) is 4.29. The highest BCUT2D eigenvalue weighted by atomic mass is 14.7. The van der Waals surface area contributed by atoms with Gasteiger partial charge in [-0.3, -0.25) is 0 Å². The van der Waals surface area contributed by atoms with E-state index in [-0.39, 0.29) is 0 Å². The molecule has 0 radical (unpaired) electrons. The normalized spacial score (nSPS) is 24.3. The van der Waals surface area contributed by atoms with Gasteiger partial charge in [0.1, 0.15) is 0 Å². The predicted molar refractivity (Wildman–Crippen MR) is 69.8 cm³/mol. The van der Waals surface area contributed by atoms with Gasteiger partial charge >= 0.3 is 0 Å². The Bertz CT molecular complexity index is 374. The van der Waals surface area contributed by atoms with Gasteiger partial charge in [0.05, 0.1) is 0 Å². The first-order valence-corrected chi connectivity index (χ1v) is 6.31. The van der Waals surface area contributed by atoms with Crippen LogP contribution in [0.3, 0.4) is 0 Å². The monoisotopic (exact) mass is 217 g/mol. The third kappa shape index (κ3) is 2.01. The summed E-state index contributed by atoms with van der Waals surface area (Å²) in [4.78, 5) is 0. The van der Waals surface area contributed by atoms with Crippen LogP contribution in [-0.4, -0.2) is 6.04 Å². The van der Waals surface area contributed by atoms with E-state index in [0.29, 0.717) is 6.04 Å². The van der Waals surface area contributed by atoms with Crippen molar-refractivity contribution in [2.45, 2.75) is 53.0 Å². The van der Waals surface area contributed by atoms with Gasteiger partial charge < -0.3 is 5.73 Å². The van der Waals surface area contributed by atoms with Crippen LogP contribution in [0.4, 0.5) is 0 Å². The van der Waals surface area contributed by atoms with Crippen LogP contribution in [0.15, 0.2) is 6.07 Å². The lowest BCUT2D eigenvalue weighted by molar-refractivity contribution is 0.263. The Morgan fingerprint density at radius 2 is 1.56 bits per heavy atom.